The summed E-state index contributed by atoms with van der Waals surface area (Å²) in [5.41, 5.74) is -0.564. The molecule has 0 bridgehead atoms. The summed E-state index contributed by atoms with van der Waals surface area (Å²) in [4.78, 5) is 8.93. The molecule has 132 valence electrons. The summed E-state index contributed by atoms with van der Waals surface area (Å²) in [6.45, 7) is 2.28. The Morgan fingerprint density at radius 1 is 1.25 bits per heavy atom. The lowest BCUT2D eigenvalue weighted by molar-refractivity contribution is -0.137. The van der Waals surface area contributed by atoms with Gasteiger partial charge < -0.3 is 4.84 Å². The van der Waals surface area contributed by atoms with Crippen molar-refractivity contribution in [3.63, 3.8) is 0 Å². The van der Waals surface area contributed by atoms with E-state index in [9.17, 15) is 21.6 Å². The number of oxime groups is 1. The fourth-order valence-electron chi connectivity index (χ4n) is 2.94. The summed E-state index contributed by atoms with van der Waals surface area (Å²) >= 11 is 0. The third kappa shape index (κ3) is 3.12. The lowest BCUT2D eigenvalue weighted by Crippen LogP contribution is -2.46. The van der Waals surface area contributed by atoms with Gasteiger partial charge in [-0.2, -0.15) is 17.5 Å². The van der Waals surface area contributed by atoms with Crippen LogP contribution in [0.1, 0.15) is 31.7 Å². The zero-order valence-electron chi connectivity index (χ0n) is 12.9. The molecule has 1 aromatic heterocycles. The topological polar surface area (TPSA) is 71.9 Å². The van der Waals surface area contributed by atoms with E-state index < -0.39 is 27.4 Å². The zero-order valence-corrected chi connectivity index (χ0v) is 13.7. The average Bonchev–Trinajstić information content (AvgIpc) is 2.87. The van der Waals surface area contributed by atoms with Crippen molar-refractivity contribution in [2.45, 2.75) is 43.0 Å². The standard InChI is InChI=1S/C14H16F3N3O3S/c1-10-8-13(23-19-10)4-6-20(7-5-13)24(21,22)12-3-2-11(9-18-12)14(15,16)17/h2-3,9H,4-8H2,1H3. The van der Waals surface area contributed by atoms with Crippen LogP contribution >= 0.6 is 0 Å². The predicted octanol–water partition coefficient (Wildman–Crippen LogP) is 2.42. The Balaban J connectivity index is 1.73. The molecule has 0 saturated carbocycles. The van der Waals surface area contributed by atoms with E-state index in [1.165, 1.54) is 4.31 Å². The van der Waals surface area contributed by atoms with Crippen molar-refractivity contribution < 1.29 is 26.4 Å². The Labute approximate surface area is 137 Å². The van der Waals surface area contributed by atoms with Crippen molar-refractivity contribution in [2.75, 3.05) is 13.1 Å². The van der Waals surface area contributed by atoms with E-state index in [1.807, 2.05) is 6.92 Å². The first kappa shape index (κ1) is 17.2. The van der Waals surface area contributed by atoms with Crippen LogP contribution in [-0.4, -0.2) is 42.1 Å². The second kappa shape index (κ2) is 5.69. The molecule has 0 amide bonds. The number of halogens is 3. The Hall–Kier alpha value is -1.68. The SMILES string of the molecule is CC1=NOC2(CCN(S(=O)(=O)c3ccc(C(F)(F)F)cn3)CC2)C1. The minimum atomic E-state index is -4.55. The minimum Gasteiger partial charge on any atom is -0.389 e. The Bertz CT molecular complexity index is 752. The number of sulfonamides is 1. The number of hydrogen-bond acceptors (Lipinski definition) is 5. The van der Waals surface area contributed by atoms with E-state index >= 15 is 0 Å². The summed E-state index contributed by atoms with van der Waals surface area (Å²) < 4.78 is 63.9. The molecule has 0 aromatic carbocycles. The molecule has 1 saturated heterocycles. The highest BCUT2D eigenvalue weighted by atomic mass is 32.2. The van der Waals surface area contributed by atoms with Gasteiger partial charge in [0, 0.05) is 38.5 Å². The first-order chi connectivity index (χ1) is 11.1. The van der Waals surface area contributed by atoms with Crippen LogP contribution in [0.15, 0.2) is 28.5 Å². The van der Waals surface area contributed by atoms with Crippen LogP contribution < -0.4 is 0 Å². The molecule has 24 heavy (non-hydrogen) atoms. The van der Waals surface area contributed by atoms with Gasteiger partial charge in [-0.25, -0.2) is 13.4 Å². The maximum absolute atomic E-state index is 12.5. The number of pyridine rings is 1. The quantitative estimate of drug-likeness (QED) is 0.809. The summed E-state index contributed by atoms with van der Waals surface area (Å²) in [6, 6.07) is 1.62. The molecular weight excluding hydrogens is 347 g/mol. The minimum absolute atomic E-state index is 0.216. The van der Waals surface area contributed by atoms with Crippen LogP contribution in [0.5, 0.6) is 0 Å². The van der Waals surface area contributed by atoms with Crippen molar-refractivity contribution >= 4 is 15.7 Å². The van der Waals surface area contributed by atoms with Gasteiger partial charge in [-0.05, 0) is 19.1 Å². The molecule has 0 atom stereocenters. The second-order valence-electron chi connectivity index (χ2n) is 6.06. The van der Waals surface area contributed by atoms with Gasteiger partial charge in [-0.1, -0.05) is 5.16 Å². The smallest absolute Gasteiger partial charge is 0.389 e. The summed E-state index contributed by atoms with van der Waals surface area (Å²) in [5, 5.41) is 3.54. The van der Waals surface area contributed by atoms with Crippen LogP contribution in [0.2, 0.25) is 0 Å². The Kier molecular flexibility index (Phi) is 4.07. The van der Waals surface area contributed by atoms with Gasteiger partial charge in [0.15, 0.2) is 5.03 Å². The molecule has 1 fully saturated rings. The highest BCUT2D eigenvalue weighted by molar-refractivity contribution is 7.89. The number of alkyl halides is 3. The summed E-state index contributed by atoms with van der Waals surface area (Å²) in [7, 11) is -3.92. The first-order valence-corrected chi connectivity index (χ1v) is 8.82. The first-order valence-electron chi connectivity index (χ1n) is 7.38. The maximum Gasteiger partial charge on any atom is 0.417 e. The molecule has 3 heterocycles. The van der Waals surface area contributed by atoms with Crippen LogP contribution in [0.25, 0.3) is 0 Å². The largest absolute Gasteiger partial charge is 0.417 e. The number of piperidine rings is 1. The predicted molar refractivity (Wildman–Crippen MR) is 78.8 cm³/mol. The zero-order chi connectivity index (χ0) is 17.6. The number of nitrogens with zero attached hydrogens (tertiary/aromatic N) is 3. The van der Waals surface area contributed by atoms with Crippen molar-refractivity contribution in [3.8, 4) is 0 Å². The van der Waals surface area contributed by atoms with Gasteiger partial charge in [-0.3, -0.25) is 0 Å². The van der Waals surface area contributed by atoms with Gasteiger partial charge in [0.25, 0.3) is 10.0 Å². The average molecular weight is 363 g/mol. The van der Waals surface area contributed by atoms with Crippen LogP contribution in [0.3, 0.4) is 0 Å². The van der Waals surface area contributed by atoms with Crippen molar-refractivity contribution in [2.24, 2.45) is 5.16 Å². The molecule has 6 nitrogen and oxygen atoms in total. The van der Waals surface area contributed by atoms with Crippen molar-refractivity contribution in [3.05, 3.63) is 23.9 Å². The molecular formula is C14H16F3N3O3S. The van der Waals surface area contributed by atoms with E-state index in [2.05, 4.69) is 10.1 Å². The van der Waals surface area contributed by atoms with Crippen LogP contribution in [-0.2, 0) is 21.0 Å². The van der Waals surface area contributed by atoms with Gasteiger partial charge in [0.1, 0.15) is 5.60 Å². The lowest BCUT2D eigenvalue weighted by atomic mass is 9.88. The monoisotopic (exact) mass is 363 g/mol. The third-order valence-electron chi connectivity index (χ3n) is 4.27. The second-order valence-corrected chi connectivity index (χ2v) is 7.95. The van der Waals surface area contributed by atoms with E-state index in [4.69, 9.17) is 4.84 Å². The van der Waals surface area contributed by atoms with Gasteiger partial charge in [-0.15, -0.1) is 0 Å². The van der Waals surface area contributed by atoms with E-state index in [0.717, 1.165) is 17.8 Å². The lowest BCUT2D eigenvalue weighted by Gasteiger charge is -2.36. The maximum atomic E-state index is 12.5. The molecule has 2 aliphatic heterocycles. The molecule has 0 N–H and O–H groups in total. The van der Waals surface area contributed by atoms with Gasteiger partial charge >= 0.3 is 6.18 Å². The molecule has 0 aliphatic carbocycles. The Morgan fingerprint density at radius 2 is 1.92 bits per heavy atom. The normalized spacial score (nSPS) is 21.6. The van der Waals surface area contributed by atoms with E-state index in [-0.39, 0.29) is 18.1 Å². The fourth-order valence-corrected chi connectivity index (χ4v) is 4.29. The van der Waals surface area contributed by atoms with Gasteiger partial charge in [0.2, 0.25) is 0 Å². The number of rotatable bonds is 2. The molecule has 1 aromatic rings. The van der Waals surface area contributed by atoms with Crippen LogP contribution in [0, 0.1) is 0 Å². The molecule has 0 unspecified atom stereocenters. The molecule has 10 heteroatoms. The third-order valence-corrected chi connectivity index (χ3v) is 6.09. The van der Waals surface area contributed by atoms with Gasteiger partial charge in [0.05, 0.1) is 11.3 Å². The number of aromatic nitrogens is 1. The molecule has 1 spiro atoms. The van der Waals surface area contributed by atoms with E-state index in [0.29, 0.717) is 25.5 Å². The molecule has 0 radical (unpaired) electrons. The highest BCUT2D eigenvalue weighted by Gasteiger charge is 2.44. The van der Waals surface area contributed by atoms with Crippen LogP contribution in [0.4, 0.5) is 13.2 Å². The van der Waals surface area contributed by atoms with E-state index in [1.54, 1.807) is 0 Å². The number of hydrogen-bond donors (Lipinski definition) is 0. The molecule has 3 rings (SSSR count). The Morgan fingerprint density at radius 3 is 2.38 bits per heavy atom. The summed E-state index contributed by atoms with van der Waals surface area (Å²) in [6.07, 6.45) is -2.39. The van der Waals surface area contributed by atoms with Crippen molar-refractivity contribution in [1.29, 1.82) is 0 Å². The molecule has 2 aliphatic rings. The van der Waals surface area contributed by atoms with Crippen molar-refractivity contribution in [1.82, 2.24) is 9.29 Å². The fraction of sp³-hybridized carbons (Fsp3) is 0.571. The summed E-state index contributed by atoms with van der Waals surface area (Å²) in [5.74, 6) is 0. The highest BCUT2D eigenvalue weighted by Crippen LogP contribution is 2.36.